The first-order chi connectivity index (χ1) is 15.8. The van der Waals surface area contributed by atoms with Gasteiger partial charge in [0, 0.05) is 43.7 Å². The molecule has 6 nitrogen and oxygen atoms in total. The number of nitrogens with zero attached hydrogens (tertiary/aromatic N) is 3. The molecule has 1 N–H and O–H groups in total. The molecule has 0 spiro atoms. The average Bonchev–Trinajstić information content (AvgIpc) is 2.81. The third-order valence-electron chi connectivity index (χ3n) is 5.91. The van der Waals surface area contributed by atoms with E-state index in [4.69, 9.17) is 0 Å². The average molecular weight is 452 g/mol. The van der Waals surface area contributed by atoms with Crippen LogP contribution in [0.5, 0.6) is 0 Å². The van der Waals surface area contributed by atoms with E-state index in [-0.39, 0.29) is 5.91 Å². The van der Waals surface area contributed by atoms with E-state index in [9.17, 15) is 14.7 Å². The number of carboxylic acid groups (broad SMARTS) is 1. The zero-order chi connectivity index (χ0) is 24.5. The van der Waals surface area contributed by atoms with Gasteiger partial charge in [0.05, 0.1) is 5.56 Å². The summed E-state index contributed by atoms with van der Waals surface area (Å²) >= 11 is 0. The van der Waals surface area contributed by atoms with Crippen molar-refractivity contribution in [2.45, 2.75) is 46.5 Å². The fourth-order valence-corrected chi connectivity index (χ4v) is 4.17. The fourth-order valence-electron chi connectivity index (χ4n) is 4.17. The number of aromatic nitrogens is 1. The van der Waals surface area contributed by atoms with E-state index >= 15 is 0 Å². The van der Waals surface area contributed by atoms with Gasteiger partial charge in [0.15, 0.2) is 0 Å². The highest BCUT2D eigenvalue weighted by Gasteiger charge is 2.21. The quantitative estimate of drug-likeness (QED) is 0.661. The number of aryl methyl sites for hydroxylation is 1. The Bertz CT molecular complexity index is 973. The molecule has 0 bridgehead atoms. The number of likely N-dealkylation sites (tertiary alicyclic amines) is 1. The molecule has 1 amide bonds. The van der Waals surface area contributed by atoms with Crippen molar-refractivity contribution in [3.8, 4) is 0 Å². The molecule has 178 valence electrons. The first kappa shape index (κ1) is 26.3. The lowest BCUT2D eigenvalue weighted by molar-refractivity contribution is 0.0696. The summed E-state index contributed by atoms with van der Waals surface area (Å²) in [7, 11) is 3.53. The minimum Gasteiger partial charge on any atom is -0.478 e. The standard InChI is InChI=1S/C25H31N3O3.C2H6/c1-17(15-23-18(2)26-12-9-22(23)25(30)31)16-28-13-10-20(11-14-28)19-5-7-21(8-6-19)24(29)27(3)4;1-2/h5-9,12,15,20H,10-11,13-14,16H2,1-4H3,(H,30,31);1-2H3/b17-15+;. The molecular weight excluding hydrogens is 414 g/mol. The zero-order valence-corrected chi connectivity index (χ0v) is 20.8. The van der Waals surface area contributed by atoms with Gasteiger partial charge in [0.25, 0.3) is 5.91 Å². The van der Waals surface area contributed by atoms with Crippen molar-refractivity contribution >= 4 is 18.0 Å². The van der Waals surface area contributed by atoms with E-state index in [0.29, 0.717) is 17.0 Å². The van der Waals surface area contributed by atoms with Gasteiger partial charge in [-0.25, -0.2) is 4.79 Å². The molecule has 1 saturated heterocycles. The Kier molecular flexibility index (Phi) is 9.79. The Hall–Kier alpha value is -2.99. The lowest BCUT2D eigenvalue weighted by Gasteiger charge is -2.32. The van der Waals surface area contributed by atoms with Gasteiger partial charge >= 0.3 is 5.97 Å². The molecule has 2 heterocycles. The Balaban J connectivity index is 0.00000187. The minimum atomic E-state index is -0.927. The van der Waals surface area contributed by atoms with Crippen LogP contribution in [0.1, 0.15) is 77.1 Å². The number of pyridine rings is 1. The van der Waals surface area contributed by atoms with Gasteiger partial charge in [-0.15, -0.1) is 0 Å². The SMILES string of the molecule is C/C(=C\c1c(C(=O)O)ccnc1C)CN1CCC(c2ccc(C(=O)N(C)C)cc2)CC1.CC. The second-order valence-electron chi connectivity index (χ2n) is 8.53. The van der Waals surface area contributed by atoms with Gasteiger partial charge < -0.3 is 10.0 Å². The molecule has 1 aliphatic rings. The summed E-state index contributed by atoms with van der Waals surface area (Å²) < 4.78 is 0. The van der Waals surface area contributed by atoms with E-state index in [1.807, 2.05) is 45.9 Å². The molecule has 0 radical (unpaired) electrons. The van der Waals surface area contributed by atoms with E-state index in [1.165, 1.54) is 5.56 Å². The lowest BCUT2D eigenvalue weighted by atomic mass is 9.88. The molecule has 1 fully saturated rings. The second kappa shape index (κ2) is 12.3. The number of carbonyl (C=O) groups excluding carboxylic acids is 1. The van der Waals surface area contributed by atoms with Crippen LogP contribution < -0.4 is 0 Å². The van der Waals surface area contributed by atoms with Gasteiger partial charge in [0.1, 0.15) is 0 Å². The van der Waals surface area contributed by atoms with Crippen molar-refractivity contribution in [3.05, 3.63) is 70.0 Å². The zero-order valence-electron chi connectivity index (χ0n) is 20.8. The van der Waals surface area contributed by atoms with Crippen molar-refractivity contribution in [1.82, 2.24) is 14.8 Å². The molecule has 0 atom stereocenters. The van der Waals surface area contributed by atoms with Crippen molar-refractivity contribution in [3.63, 3.8) is 0 Å². The summed E-state index contributed by atoms with van der Waals surface area (Å²) in [6.07, 6.45) is 5.64. The van der Waals surface area contributed by atoms with Gasteiger partial charge in [0.2, 0.25) is 0 Å². The maximum absolute atomic E-state index is 12.1. The van der Waals surface area contributed by atoms with Gasteiger partial charge in [-0.05, 0) is 69.5 Å². The first-order valence-electron chi connectivity index (χ1n) is 11.7. The number of carbonyl (C=O) groups is 2. The molecule has 3 rings (SSSR count). The van der Waals surface area contributed by atoms with Crippen molar-refractivity contribution in [2.75, 3.05) is 33.7 Å². The number of rotatable bonds is 6. The van der Waals surface area contributed by atoms with Crippen LogP contribution in [0.25, 0.3) is 6.08 Å². The highest BCUT2D eigenvalue weighted by molar-refractivity contribution is 5.94. The Morgan fingerprint density at radius 2 is 1.73 bits per heavy atom. The second-order valence-corrected chi connectivity index (χ2v) is 8.53. The monoisotopic (exact) mass is 451 g/mol. The van der Waals surface area contributed by atoms with E-state index < -0.39 is 5.97 Å². The molecule has 33 heavy (non-hydrogen) atoms. The summed E-state index contributed by atoms with van der Waals surface area (Å²) in [5, 5.41) is 9.45. The largest absolute Gasteiger partial charge is 0.478 e. The van der Waals surface area contributed by atoms with Crippen molar-refractivity contribution in [1.29, 1.82) is 0 Å². The fraction of sp³-hybridized carbons (Fsp3) is 0.444. The third kappa shape index (κ3) is 6.99. The van der Waals surface area contributed by atoms with Crippen molar-refractivity contribution in [2.24, 2.45) is 0 Å². The van der Waals surface area contributed by atoms with Crippen LogP contribution in [-0.2, 0) is 0 Å². The Morgan fingerprint density at radius 1 is 1.12 bits per heavy atom. The minimum absolute atomic E-state index is 0.0264. The van der Waals surface area contributed by atoms with E-state index in [2.05, 4.69) is 22.0 Å². The number of hydrogen-bond donors (Lipinski definition) is 1. The van der Waals surface area contributed by atoms with Crippen molar-refractivity contribution < 1.29 is 14.7 Å². The van der Waals surface area contributed by atoms with Gasteiger partial charge in [-0.3, -0.25) is 14.7 Å². The maximum Gasteiger partial charge on any atom is 0.336 e. The summed E-state index contributed by atoms with van der Waals surface area (Å²) in [6, 6.07) is 9.57. The van der Waals surface area contributed by atoms with Gasteiger partial charge in [-0.1, -0.05) is 37.6 Å². The molecule has 1 aromatic heterocycles. The predicted octanol–water partition coefficient (Wildman–Crippen LogP) is 5.10. The molecular formula is C27H37N3O3. The molecule has 0 aliphatic carbocycles. The molecule has 6 heteroatoms. The number of amides is 1. The highest BCUT2D eigenvalue weighted by Crippen LogP contribution is 2.29. The first-order valence-corrected chi connectivity index (χ1v) is 11.7. The summed E-state index contributed by atoms with van der Waals surface area (Å²) in [4.78, 5) is 31.8. The van der Waals surface area contributed by atoms with Crippen LogP contribution in [-0.4, -0.2) is 65.5 Å². The smallest absolute Gasteiger partial charge is 0.336 e. The summed E-state index contributed by atoms with van der Waals surface area (Å²) in [5.74, 6) is -0.398. The van der Waals surface area contributed by atoms with Crippen LogP contribution in [0.2, 0.25) is 0 Å². The molecule has 1 aliphatic heterocycles. The number of piperidine rings is 1. The summed E-state index contributed by atoms with van der Waals surface area (Å²) in [5.41, 5.74) is 4.85. The van der Waals surface area contributed by atoms with E-state index in [1.54, 1.807) is 31.3 Å². The molecule has 0 saturated carbocycles. The number of benzene rings is 1. The highest BCUT2D eigenvalue weighted by atomic mass is 16.4. The van der Waals surface area contributed by atoms with E-state index in [0.717, 1.165) is 49.3 Å². The molecule has 0 unspecified atom stereocenters. The molecule has 1 aromatic carbocycles. The Morgan fingerprint density at radius 3 is 2.27 bits per heavy atom. The Labute approximate surface area is 197 Å². The van der Waals surface area contributed by atoms with Gasteiger partial charge in [-0.2, -0.15) is 0 Å². The predicted molar refractivity (Wildman–Crippen MR) is 134 cm³/mol. The third-order valence-corrected chi connectivity index (χ3v) is 5.91. The van der Waals surface area contributed by atoms with Crippen LogP contribution >= 0.6 is 0 Å². The molecule has 2 aromatic rings. The number of carboxylic acids is 1. The summed E-state index contributed by atoms with van der Waals surface area (Å²) in [6.45, 7) is 10.7. The van der Waals surface area contributed by atoms with Crippen LogP contribution in [0.4, 0.5) is 0 Å². The number of hydrogen-bond acceptors (Lipinski definition) is 4. The van der Waals surface area contributed by atoms with Crippen LogP contribution in [0, 0.1) is 6.92 Å². The van der Waals surface area contributed by atoms with Crippen LogP contribution in [0.3, 0.4) is 0 Å². The van der Waals surface area contributed by atoms with Crippen LogP contribution in [0.15, 0.2) is 42.1 Å². The normalized spacial score (nSPS) is 14.9. The number of aromatic carboxylic acids is 1. The topological polar surface area (TPSA) is 73.7 Å². The lowest BCUT2D eigenvalue weighted by Crippen LogP contribution is -2.34. The maximum atomic E-state index is 12.1.